The van der Waals surface area contributed by atoms with Crippen molar-refractivity contribution in [1.29, 1.82) is 0 Å². The zero-order chi connectivity index (χ0) is 17.5. The van der Waals surface area contributed by atoms with E-state index in [0.29, 0.717) is 19.6 Å². The molecule has 0 saturated heterocycles. The number of rotatable bonds is 8. The maximum absolute atomic E-state index is 12.8. The molecule has 2 amide bonds. The Morgan fingerprint density at radius 1 is 0.957 bits per heavy atom. The van der Waals surface area contributed by atoms with Gasteiger partial charge in [0.05, 0.1) is 0 Å². The van der Waals surface area contributed by atoms with Gasteiger partial charge in [-0.15, -0.1) is 0 Å². The van der Waals surface area contributed by atoms with E-state index in [-0.39, 0.29) is 11.8 Å². The standard InChI is InChI=1S/C19H30N2O2/c1-6-13-21(14-7-2)18(23)19(3,4)17(22)20(5)15-16-11-9-8-10-12-16/h8-12H,6-7,13-15H2,1-5H3. The predicted molar refractivity (Wildman–Crippen MR) is 93.9 cm³/mol. The first kappa shape index (κ1) is 19.2. The molecule has 0 saturated carbocycles. The van der Waals surface area contributed by atoms with Gasteiger partial charge in [0.2, 0.25) is 11.8 Å². The molecule has 23 heavy (non-hydrogen) atoms. The fraction of sp³-hybridized carbons (Fsp3) is 0.579. The summed E-state index contributed by atoms with van der Waals surface area (Å²) in [6.07, 6.45) is 1.80. The average Bonchev–Trinajstić information content (AvgIpc) is 2.54. The van der Waals surface area contributed by atoms with E-state index < -0.39 is 5.41 Å². The molecule has 0 bridgehead atoms. The molecule has 0 heterocycles. The highest BCUT2D eigenvalue weighted by atomic mass is 16.2. The summed E-state index contributed by atoms with van der Waals surface area (Å²) >= 11 is 0. The van der Waals surface area contributed by atoms with Crippen LogP contribution in [-0.2, 0) is 16.1 Å². The highest BCUT2D eigenvalue weighted by Gasteiger charge is 2.40. The van der Waals surface area contributed by atoms with Crippen molar-refractivity contribution in [1.82, 2.24) is 9.80 Å². The SMILES string of the molecule is CCCN(CCC)C(=O)C(C)(C)C(=O)N(C)Cc1ccccc1. The lowest BCUT2D eigenvalue weighted by Crippen LogP contribution is -2.50. The van der Waals surface area contributed by atoms with Gasteiger partial charge in [-0.2, -0.15) is 0 Å². The first-order valence-corrected chi connectivity index (χ1v) is 8.43. The smallest absolute Gasteiger partial charge is 0.237 e. The van der Waals surface area contributed by atoms with Gasteiger partial charge in [0.25, 0.3) is 0 Å². The lowest BCUT2D eigenvalue weighted by molar-refractivity contribution is -0.153. The van der Waals surface area contributed by atoms with Crippen LogP contribution in [0.25, 0.3) is 0 Å². The summed E-state index contributed by atoms with van der Waals surface area (Å²) < 4.78 is 0. The van der Waals surface area contributed by atoms with Crippen molar-refractivity contribution in [2.45, 2.75) is 47.1 Å². The molecule has 0 N–H and O–H groups in total. The van der Waals surface area contributed by atoms with Crippen LogP contribution in [-0.4, -0.2) is 41.8 Å². The van der Waals surface area contributed by atoms with Gasteiger partial charge in [-0.3, -0.25) is 9.59 Å². The minimum atomic E-state index is -1.03. The Balaban J connectivity index is 2.83. The molecule has 0 radical (unpaired) electrons. The van der Waals surface area contributed by atoms with Crippen LogP contribution < -0.4 is 0 Å². The van der Waals surface area contributed by atoms with Crippen molar-refractivity contribution < 1.29 is 9.59 Å². The third-order valence-corrected chi connectivity index (χ3v) is 3.95. The number of amides is 2. The van der Waals surface area contributed by atoms with Crippen molar-refractivity contribution in [2.24, 2.45) is 5.41 Å². The third kappa shape index (κ3) is 5.08. The minimum absolute atomic E-state index is 0.0777. The monoisotopic (exact) mass is 318 g/mol. The summed E-state index contributed by atoms with van der Waals surface area (Å²) in [6, 6.07) is 9.83. The number of carbonyl (C=O) groups is 2. The number of benzene rings is 1. The summed E-state index contributed by atoms with van der Waals surface area (Å²) in [4.78, 5) is 29.1. The van der Waals surface area contributed by atoms with Crippen molar-refractivity contribution in [2.75, 3.05) is 20.1 Å². The van der Waals surface area contributed by atoms with Gasteiger partial charge in [-0.05, 0) is 32.3 Å². The average molecular weight is 318 g/mol. The van der Waals surface area contributed by atoms with Gasteiger partial charge >= 0.3 is 0 Å². The van der Waals surface area contributed by atoms with E-state index in [0.717, 1.165) is 18.4 Å². The highest BCUT2D eigenvalue weighted by Crippen LogP contribution is 2.23. The Morgan fingerprint density at radius 2 is 1.48 bits per heavy atom. The molecule has 1 rings (SSSR count). The van der Waals surface area contributed by atoms with Gasteiger partial charge in [-0.1, -0.05) is 44.2 Å². The van der Waals surface area contributed by atoms with E-state index in [2.05, 4.69) is 0 Å². The zero-order valence-corrected chi connectivity index (χ0v) is 15.1. The second-order valence-corrected chi connectivity index (χ2v) is 6.56. The van der Waals surface area contributed by atoms with Gasteiger partial charge < -0.3 is 9.80 Å². The lowest BCUT2D eigenvalue weighted by atomic mass is 9.89. The Bertz CT molecular complexity index is 505. The molecule has 0 spiro atoms. The quantitative estimate of drug-likeness (QED) is 0.690. The van der Waals surface area contributed by atoms with Crippen LogP contribution in [0, 0.1) is 5.41 Å². The third-order valence-electron chi connectivity index (χ3n) is 3.95. The summed E-state index contributed by atoms with van der Waals surface area (Å²) in [5.74, 6) is -0.213. The second kappa shape index (κ2) is 8.70. The lowest BCUT2D eigenvalue weighted by Gasteiger charge is -2.33. The zero-order valence-electron chi connectivity index (χ0n) is 15.1. The molecule has 4 heteroatoms. The summed E-state index contributed by atoms with van der Waals surface area (Å²) in [5.41, 5.74) is 0.0269. The van der Waals surface area contributed by atoms with Crippen molar-refractivity contribution in [3.8, 4) is 0 Å². The predicted octanol–water partition coefficient (Wildman–Crippen LogP) is 3.32. The number of hydrogen-bond acceptors (Lipinski definition) is 2. The summed E-state index contributed by atoms with van der Waals surface area (Å²) in [6.45, 7) is 9.48. The molecule has 0 unspecified atom stereocenters. The molecule has 0 aliphatic rings. The van der Waals surface area contributed by atoms with Crippen LogP contribution >= 0.6 is 0 Å². The molecule has 1 aromatic carbocycles. The molecular formula is C19H30N2O2. The Hall–Kier alpha value is -1.84. The fourth-order valence-electron chi connectivity index (χ4n) is 2.75. The van der Waals surface area contributed by atoms with Gasteiger partial charge in [-0.25, -0.2) is 0 Å². The van der Waals surface area contributed by atoms with Gasteiger partial charge in [0.15, 0.2) is 0 Å². The van der Waals surface area contributed by atoms with Gasteiger partial charge in [0.1, 0.15) is 5.41 Å². The summed E-state index contributed by atoms with van der Waals surface area (Å²) in [7, 11) is 1.76. The number of hydrogen-bond donors (Lipinski definition) is 0. The van der Waals surface area contributed by atoms with Crippen molar-refractivity contribution in [3.05, 3.63) is 35.9 Å². The molecule has 1 aromatic rings. The van der Waals surface area contributed by atoms with Crippen LogP contribution in [0.1, 0.15) is 46.1 Å². The van der Waals surface area contributed by atoms with E-state index in [4.69, 9.17) is 0 Å². The van der Waals surface area contributed by atoms with E-state index in [1.165, 1.54) is 0 Å². The fourth-order valence-corrected chi connectivity index (χ4v) is 2.75. The molecular weight excluding hydrogens is 288 g/mol. The molecule has 4 nitrogen and oxygen atoms in total. The normalized spacial score (nSPS) is 11.2. The van der Waals surface area contributed by atoms with E-state index >= 15 is 0 Å². The molecule has 0 aromatic heterocycles. The maximum atomic E-state index is 12.8. The Morgan fingerprint density at radius 3 is 1.96 bits per heavy atom. The van der Waals surface area contributed by atoms with Crippen LogP contribution in [0.15, 0.2) is 30.3 Å². The molecule has 0 aliphatic heterocycles. The number of nitrogens with zero attached hydrogens (tertiary/aromatic N) is 2. The van der Waals surface area contributed by atoms with Crippen LogP contribution in [0.4, 0.5) is 0 Å². The Kier molecular flexibility index (Phi) is 7.27. The van der Waals surface area contributed by atoms with Crippen molar-refractivity contribution in [3.63, 3.8) is 0 Å². The van der Waals surface area contributed by atoms with Crippen LogP contribution in [0.3, 0.4) is 0 Å². The van der Waals surface area contributed by atoms with Crippen molar-refractivity contribution >= 4 is 11.8 Å². The van der Waals surface area contributed by atoms with Crippen LogP contribution in [0.2, 0.25) is 0 Å². The molecule has 0 atom stereocenters. The van der Waals surface area contributed by atoms with Gasteiger partial charge in [0, 0.05) is 26.7 Å². The van der Waals surface area contributed by atoms with Crippen LogP contribution in [0.5, 0.6) is 0 Å². The summed E-state index contributed by atoms with van der Waals surface area (Å²) in [5, 5.41) is 0. The minimum Gasteiger partial charge on any atom is -0.342 e. The highest BCUT2D eigenvalue weighted by molar-refractivity contribution is 6.04. The maximum Gasteiger partial charge on any atom is 0.237 e. The molecule has 0 aliphatic carbocycles. The second-order valence-electron chi connectivity index (χ2n) is 6.56. The Labute approximate surface area is 140 Å². The topological polar surface area (TPSA) is 40.6 Å². The first-order valence-electron chi connectivity index (χ1n) is 8.43. The molecule has 0 fully saturated rings. The van der Waals surface area contributed by atoms with E-state index in [9.17, 15) is 9.59 Å². The first-order chi connectivity index (χ1) is 10.8. The largest absolute Gasteiger partial charge is 0.342 e. The molecule has 128 valence electrons. The van der Waals surface area contributed by atoms with E-state index in [1.807, 2.05) is 49.1 Å². The van der Waals surface area contributed by atoms with E-state index in [1.54, 1.807) is 25.8 Å². The number of carbonyl (C=O) groups excluding carboxylic acids is 2.